The summed E-state index contributed by atoms with van der Waals surface area (Å²) in [7, 11) is 0. The lowest BCUT2D eigenvalue weighted by Crippen LogP contribution is -2.38. The van der Waals surface area contributed by atoms with Gasteiger partial charge >= 0.3 is 6.09 Å². The number of hydrogen-bond donors (Lipinski definition) is 3. The molecule has 3 N–H and O–H groups in total. The number of halogens is 1. The number of amides is 1. The maximum absolute atomic E-state index is 13.5. The summed E-state index contributed by atoms with van der Waals surface area (Å²) >= 11 is 0. The predicted molar refractivity (Wildman–Crippen MR) is 82.8 cm³/mol. The molecular formula is C16H24FNO5. The van der Waals surface area contributed by atoms with Crippen LogP contribution in [0.5, 0.6) is 5.75 Å². The Balaban J connectivity index is 2.66. The second-order valence-electron chi connectivity index (χ2n) is 6.05. The zero-order chi connectivity index (χ0) is 17.6. The average Bonchev–Trinajstić information content (AvgIpc) is 2.41. The Morgan fingerprint density at radius 2 is 1.96 bits per heavy atom. The molecule has 0 aliphatic heterocycles. The first-order valence-corrected chi connectivity index (χ1v) is 7.38. The number of ether oxygens (including phenoxy) is 2. The quantitative estimate of drug-likeness (QED) is 0.744. The Labute approximate surface area is 135 Å². The first-order valence-electron chi connectivity index (χ1n) is 7.38. The van der Waals surface area contributed by atoms with Crippen LogP contribution in [0.15, 0.2) is 18.2 Å². The van der Waals surface area contributed by atoms with Gasteiger partial charge in [-0.25, -0.2) is 9.18 Å². The van der Waals surface area contributed by atoms with E-state index in [9.17, 15) is 19.4 Å². The van der Waals surface area contributed by atoms with Crippen molar-refractivity contribution in [3.8, 4) is 5.75 Å². The highest BCUT2D eigenvalue weighted by atomic mass is 19.1. The Kier molecular flexibility index (Phi) is 6.78. The van der Waals surface area contributed by atoms with Crippen LogP contribution in [0.4, 0.5) is 9.18 Å². The molecule has 23 heavy (non-hydrogen) atoms. The SMILES string of the molecule is CCOc1cc(F)cc(C(O)C(O)CNC(=O)OC(C)(C)C)c1. The van der Waals surface area contributed by atoms with Crippen molar-refractivity contribution < 1.29 is 28.9 Å². The zero-order valence-corrected chi connectivity index (χ0v) is 13.8. The smallest absolute Gasteiger partial charge is 0.407 e. The van der Waals surface area contributed by atoms with Gasteiger partial charge < -0.3 is 25.0 Å². The van der Waals surface area contributed by atoms with Crippen molar-refractivity contribution in [2.45, 2.75) is 45.5 Å². The highest BCUT2D eigenvalue weighted by Crippen LogP contribution is 2.23. The number of nitrogens with one attached hydrogen (secondary N) is 1. The maximum atomic E-state index is 13.5. The Morgan fingerprint density at radius 1 is 1.30 bits per heavy atom. The first-order chi connectivity index (χ1) is 10.6. The first kappa shape index (κ1) is 19.2. The number of carbonyl (C=O) groups is 1. The van der Waals surface area contributed by atoms with E-state index in [2.05, 4.69) is 5.32 Å². The van der Waals surface area contributed by atoms with Gasteiger partial charge in [-0.1, -0.05) is 0 Å². The molecule has 1 aromatic rings. The minimum absolute atomic E-state index is 0.159. The second kappa shape index (κ2) is 8.12. The minimum atomic E-state index is -1.38. The molecule has 0 spiro atoms. The largest absolute Gasteiger partial charge is 0.494 e. The van der Waals surface area contributed by atoms with Gasteiger partial charge in [0.25, 0.3) is 0 Å². The summed E-state index contributed by atoms with van der Waals surface area (Å²) in [6.07, 6.45) is -3.41. The molecule has 2 unspecified atom stereocenters. The van der Waals surface area contributed by atoms with Crippen molar-refractivity contribution in [1.82, 2.24) is 5.32 Å². The van der Waals surface area contributed by atoms with Gasteiger partial charge in [-0.2, -0.15) is 0 Å². The summed E-state index contributed by atoms with van der Waals surface area (Å²) in [5.74, 6) is -0.328. The molecule has 0 bridgehead atoms. The van der Waals surface area contributed by atoms with Crippen LogP contribution in [-0.4, -0.2) is 41.2 Å². The normalized spacial score (nSPS) is 14.0. The Hall–Kier alpha value is -1.86. The number of carbonyl (C=O) groups excluding carboxylic acids is 1. The van der Waals surface area contributed by atoms with Gasteiger partial charge in [-0.3, -0.25) is 0 Å². The van der Waals surface area contributed by atoms with Gasteiger partial charge in [-0.05, 0) is 45.4 Å². The van der Waals surface area contributed by atoms with Crippen molar-refractivity contribution in [1.29, 1.82) is 0 Å². The van der Waals surface area contributed by atoms with Crippen LogP contribution in [-0.2, 0) is 4.74 Å². The molecule has 0 aliphatic carbocycles. The summed E-state index contributed by atoms with van der Waals surface area (Å²) in [6.45, 7) is 6.98. The Morgan fingerprint density at radius 3 is 2.52 bits per heavy atom. The topological polar surface area (TPSA) is 88.0 Å². The molecule has 0 aliphatic rings. The molecule has 1 aromatic carbocycles. The summed E-state index contributed by atoms with van der Waals surface area (Å²) in [5, 5.41) is 22.4. The molecule has 0 aromatic heterocycles. The summed E-state index contributed by atoms with van der Waals surface area (Å²) in [5.41, 5.74) is -0.505. The monoisotopic (exact) mass is 329 g/mol. The highest BCUT2D eigenvalue weighted by Gasteiger charge is 2.22. The number of rotatable bonds is 6. The van der Waals surface area contributed by atoms with Gasteiger partial charge in [0.1, 0.15) is 29.4 Å². The van der Waals surface area contributed by atoms with Crippen molar-refractivity contribution >= 4 is 6.09 Å². The van der Waals surface area contributed by atoms with E-state index in [1.165, 1.54) is 12.1 Å². The third-order valence-corrected chi connectivity index (χ3v) is 2.77. The number of benzene rings is 1. The number of aliphatic hydroxyl groups excluding tert-OH is 2. The molecule has 0 saturated carbocycles. The molecule has 1 amide bonds. The Bertz CT molecular complexity index is 530. The third kappa shape index (κ3) is 6.83. The van der Waals surface area contributed by atoms with E-state index in [0.29, 0.717) is 6.61 Å². The van der Waals surface area contributed by atoms with Crippen LogP contribution in [0.25, 0.3) is 0 Å². The minimum Gasteiger partial charge on any atom is -0.494 e. The van der Waals surface area contributed by atoms with Crippen molar-refractivity contribution in [2.75, 3.05) is 13.2 Å². The predicted octanol–water partition coefficient (Wildman–Crippen LogP) is 2.14. The van der Waals surface area contributed by atoms with Gasteiger partial charge in [0, 0.05) is 12.6 Å². The van der Waals surface area contributed by atoms with Gasteiger partial charge in [0.2, 0.25) is 0 Å². The number of hydrogen-bond acceptors (Lipinski definition) is 5. The fourth-order valence-corrected chi connectivity index (χ4v) is 1.84. The summed E-state index contributed by atoms with van der Waals surface area (Å²) < 4.78 is 23.7. The van der Waals surface area contributed by atoms with Gasteiger partial charge in [0.05, 0.1) is 6.61 Å². The van der Waals surface area contributed by atoms with E-state index >= 15 is 0 Å². The summed E-state index contributed by atoms with van der Waals surface area (Å²) in [4.78, 5) is 11.5. The number of alkyl carbamates (subject to hydrolysis) is 1. The standard InChI is InChI=1S/C16H24FNO5/c1-5-22-12-7-10(6-11(17)8-12)14(20)13(19)9-18-15(21)23-16(2,3)4/h6-8,13-14,19-20H,5,9H2,1-4H3,(H,18,21). The molecule has 0 saturated heterocycles. The molecule has 1 rings (SSSR count). The van der Waals surface area contributed by atoms with Gasteiger partial charge in [-0.15, -0.1) is 0 Å². The van der Waals surface area contributed by atoms with Crippen LogP contribution in [0, 0.1) is 5.82 Å². The van der Waals surface area contributed by atoms with Crippen LogP contribution in [0.2, 0.25) is 0 Å². The van der Waals surface area contributed by atoms with E-state index in [0.717, 1.165) is 6.07 Å². The third-order valence-electron chi connectivity index (χ3n) is 2.77. The van der Waals surface area contributed by atoms with Crippen LogP contribution >= 0.6 is 0 Å². The molecular weight excluding hydrogens is 305 g/mol. The average molecular weight is 329 g/mol. The van der Waals surface area contributed by atoms with Crippen LogP contribution in [0.3, 0.4) is 0 Å². The van der Waals surface area contributed by atoms with Crippen molar-refractivity contribution in [2.24, 2.45) is 0 Å². The van der Waals surface area contributed by atoms with E-state index in [1.807, 2.05) is 0 Å². The molecule has 0 radical (unpaired) electrons. The fraction of sp³-hybridized carbons (Fsp3) is 0.562. The lowest BCUT2D eigenvalue weighted by Gasteiger charge is -2.22. The zero-order valence-electron chi connectivity index (χ0n) is 13.8. The lowest BCUT2D eigenvalue weighted by atomic mass is 10.0. The van der Waals surface area contributed by atoms with Crippen molar-refractivity contribution in [3.63, 3.8) is 0 Å². The molecule has 2 atom stereocenters. The summed E-state index contributed by atoms with van der Waals surface area (Å²) in [6, 6.07) is 3.73. The van der Waals surface area contributed by atoms with E-state index < -0.39 is 29.7 Å². The molecule has 6 nitrogen and oxygen atoms in total. The molecule has 0 heterocycles. The maximum Gasteiger partial charge on any atom is 0.407 e. The van der Waals surface area contributed by atoms with E-state index in [1.54, 1.807) is 27.7 Å². The van der Waals surface area contributed by atoms with Gasteiger partial charge in [0.15, 0.2) is 0 Å². The highest BCUT2D eigenvalue weighted by molar-refractivity contribution is 5.67. The molecule has 0 fully saturated rings. The lowest BCUT2D eigenvalue weighted by molar-refractivity contribution is 0.0127. The molecule has 7 heteroatoms. The van der Waals surface area contributed by atoms with E-state index in [-0.39, 0.29) is 17.9 Å². The van der Waals surface area contributed by atoms with Crippen LogP contribution in [0.1, 0.15) is 39.4 Å². The number of aliphatic hydroxyl groups is 2. The molecule has 130 valence electrons. The van der Waals surface area contributed by atoms with Crippen LogP contribution < -0.4 is 10.1 Å². The fourth-order valence-electron chi connectivity index (χ4n) is 1.84. The van der Waals surface area contributed by atoms with E-state index in [4.69, 9.17) is 9.47 Å². The van der Waals surface area contributed by atoms with Crippen molar-refractivity contribution in [3.05, 3.63) is 29.6 Å². The second-order valence-corrected chi connectivity index (χ2v) is 6.05.